The van der Waals surface area contributed by atoms with E-state index >= 15 is 0 Å². The van der Waals surface area contributed by atoms with Crippen molar-refractivity contribution in [2.24, 2.45) is 46.3 Å². The van der Waals surface area contributed by atoms with Crippen molar-refractivity contribution in [3.63, 3.8) is 0 Å². The molecule has 0 unspecified atom stereocenters. The second kappa shape index (κ2) is 11.9. The van der Waals surface area contributed by atoms with Gasteiger partial charge < -0.3 is 14.6 Å². The number of fused-ring (bicyclic) bond motifs is 6. The Balaban J connectivity index is 0.000000216. The molecule has 4 aliphatic carbocycles. The Hall–Kier alpha value is -2.07. The fraction of sp³-hybridized carbons (Fsp3) is 0.703. The van der Waals surface area contributed by atoms with Crippen molar-refractivity contribution in [1.82, 2.24) is 0 Å². The van der Waals surface area contributed by atoms with Gasteiger partial charge in [0.2, 0.25) is 0 Å². The zero-order chi connectivity index (χ0) is 29.5. The standard InChI is InChI=1S/C27H46O.C10H8O3/c1-18(2)7-6-8-19(3)23-11-12-24-22-10-9-20-17-21(28)13-15-26(20,4)25(22)14-16-27(23,24)5;1-6-4-10(12)13-9-5-7(11)2-3-8(6)9/h9,18-19,21-25,28H,6-8,10-17H2,1-5H3;2-5,11H,1H3/t19-,21+,22+,23-,24+,25+,26+,27-;/m1./s1. The molecule has 0 amide bonds. The summed E-state index contributed by atoms with van der Waals surface area (Å²) in [6.45, 7) is 14.4. The molecular formula is C37H54O4. The summed E-state index contributed by atoms with van der Waals surface area (Å²) in [5.74, 6) is 5.56. The largest absolute Gasteiger partial charge is 0.508 e. The quantitative estimate of drug-likeness (QED) is 0.281. The topological polar surface area (TPSA) is 70.7 Å². The van der Waals surface area contributed by atoms with Gasteiger partial charge in [0.15, 0.2) is 0 Å². The number of phenols is 1. The van der Waals surface area contributed by atoms with Crippen LogP contribution in [-0.4, -0.2) is 16.3 Å². The number of benzene rings is 1. The van der Waals surface area contributed by atoms with Gasteiger partial charge in [0.1, 0.15) is 11.3 Å². The molecule has 4 nitrogen and oxygen atoms in total. The first kappa shape index (κ1) is 30.4. The zero-order valence-electron chi connectivity index (χ0n) is 26.4. The van der Waals surface area contributed by atoms with Crippen LogP contribution in [0, 0.1) is 53.3 Å². The van der Waals surface area contributed by atoms with Crippen LogP contribution in [-0.2, 0) is 0 Å². The SMILES string of the molecule is CC(C)CCC[C@@H](C)[C@H]1CC[C@H]2[C@@H]3CC=C4C[C@@H](O)CC[C@]4(C)[C@H]3CC[C@]12C.Cc1cc(=O)oc2cc(O)ccc12. The van der Waals surface area contributed by atoms with E-state index in [1.54, 1.807) is 17.7 Å². The number of hydrogen-bond acceptors (Lipinski definition) is 4. The molecule has 226 valence electrons. The van der Waals surface area contributed by atoms with E-state index < -0.39 is 5.63 Å². The van der Waals surface area contributed by atoms with E-state index in [0.717, 1.165) is 59.3 Å². The van der Waals surface area contributed by atoms with E-state index in [2.05, 4.69) is 40.7 Å². The average molecular weight is 563 g/mol. The lowest BCUT2D eigenvalue weighted by molar-refractivity contribution is -0.0573. The highest BCUT2D eigenvalue weighted by Gasteiger charge is 2.59. The van der Waals surface area contributed by atoms with E-state index in [1.807, 2.05) is 6.92 Å². The first-order chi connectivity index (χ1) is 19.4. The minimum Gasteiger partial charge on any atom is -0.508 e. The maximum Gasteiger partial charge on any atom is 0.336 e. The smallest absolute Gasteiger partial charge is 0.336 e. The number of aromatic hydroxyl groups is 1. The highest BCUT2D eigenvalue weighted by Crippen LogP contribution is 2.67. The Morgan fingerprint density at radius 2 is 1.78 bits per heavy atom. The summed E-state index contributed by atoms with van der Waals surface area (Å²) >= 11 is 0. The van der Waals surface area contributed by atoms with Crippen LogP contribution in [0.25, 0.3) is 11.0 Å². The molecule has 3 fully saturated rings. The van der Waals surface area contributed by atoms with Gasteiger partial charge in [-0.05, 0) is 122 Å². The summed E-state index contributed by atoms with van der Waals surface area (Å²) in [7, 11) is 0. The second-order valence-corrected chi connectivity index (χ2v) is 15.1. The molecule has 2 aromatic rings. The van der Waals surface area contributed by atoms with Gasteiger partial charge in [0.05, 0.1) is 6.10 Å². The Labute approximate surface area is 247 Å². The highest BCUT2D eigenvalue weighted by molar-refractivity contribution is 5.81. The van der Waals surface area contributed by atoms with Crippen molar-refractivity contribution >= 4 is 11.0 Å². The lowest BCUT2D eigenvalue weighted by atomic mass is 9.47. The number of phenolic OH excluding ortho intramolecular Hbond substituents is 1. The molecule has 2 N–H and O–H groups in total. The van der Waals surface area contributed by atoms with Gasteiger partial charge in [-0.2, -0.15) is 0 Å². The lowest BCUT2D eigenvalue weighted by Crippen LogP contribution is -2.50. The third-order valence-electron chi connectivity index (χ3n) is 12.2. The fourth-order valence-corrected chi connectivity index (χ4v) is 9.98. The van der Waals surface area contributed by atoms with Crippen molar-refractivity contribution in [3.8, 4) is 5.75 Å². The number of hydrogen-bond donors (Lipinski definition) is 2. The van der Waals surface area contributed by atoms with Crippen molar-refractivity contribution in [2.45, 2.75) is 118 Å². The van der Waals surface area contributed by atoms with Crippen molar-refractivity contribution < 1.29 is 14.6 Å². The summed E-state index contributed by atoms with van der Waals surface area (Å²) in [4.78, 5) is 11.0. The maximum absolute atomic E-state index is 11.0. The minimum atomic E-state index is -0.393. The molecule has 0 bridgehead atoms. The summed E-state index contributed by atoms with van der Waals surface area (Å²) in [6, 6.07) is 6.15. The molecule has 0 saturated heterocycles. The van der Waals surface area contributed by atoms with Crippen LogP contribution < -0.4 is 5.63 Å². The van der Waals surface area contributed by atoms with Crippen LogP contribution in [0.15, 0.2) is 45.1 Å². The molecule has 1 aromatic carbocycles. The van der Waals surface area contributed by atoms with E-state index in [0.29, 0.717) is 16.4 Å². The summed E-state index contributed by atoms with van der Waals surface area (Å²) in [5, 5.41) is 20.2. The van der Waals surface area contributed by atoms with Gasteiger partial charge in [-0.3, -0.25) is 0 Å². The zero-order valence-corrected chi connectivity index (χ0v) is 26.4. The predicted octanol–water partition coefficient (Wildman–Crippen LogP) is 9.20. The number of aliphatic hydroxyl groups excluding tert-OH is 1. The number of aliphatic hydroxyl groups is 1. The first-order valence-electron chi connectivity index (χ1n) is 16.5. The molecule has 0 radical (unpaired) electrons. The molecule has 1 heterocycles. The fourth-order valence-electron chi connectivity index (χ4n) is 9.98. The molecule has 4 heteroatoms. The van der Waals surface area contributed by atoms with Gasteiger partial charge in [-0.1, -0.05) is 65.5 Å². The maximum atomic E-state index is 11.0. The average Bonchev–Trinajstić information content (AvgIpc) is 3.26. The molecule has 0 aliphatic heterocycles. The highest BCUT2D eigenvalue weighted by atomic mass is 16.4. The molecule has 8 atom stereocenters. The van der Waals surface area contributed by atoms with E-state index in [4.69, 9.17) is 9.52 Å². The molecular weight excluding hydrogens is 508 g/mol. The lowest BCUT2D eigenvalue weighted by Gasteiger charge is -2.58. The predicted molar refractivity (Wildman–Crippen MR) is 168 cm³/mol. The van der Waals surface area contributed by atoms with Crippen LogP contribution in [0.1, 0.15) is 111 Å². The molecule has 3 saturated carbocycles. The summed E-state index contributed by atoms with van der Waals surface area (Å²) in [6.07, 6.45) is 17.2. The van der Waals surface area contributed by atoms with E-state index in [9.17, 15) is 9.90 Å². The molecule has 41 heavy (non-hydrogen) atoms. The number of allylic oxidation sites excluding steroid dienone is 1. The summed E-state index contributed by atoms with van der Waals surface area (Å²) in [5.41, 5.74) is 3.48. The van der Waals surface area contributed by atoms with Gasteiger partial charge in [-0.25, -0.2) is 4.79 Å². The molecule has 4 aliphatic rings. The molecule has 0 spiro atoms. The van der Waals surface area contributed by atoms with Gasteiger partial charge in [0, 0.05) is 17.5 Å². The Bertz CT molecular complexity index is 1310. The van der Waals surface area contributed by atoms with Crippen molar-refractivity contribution in [1.29, 1.82) is 0 Å². The minimum absolute atomic E-state index is 0.0766. The van der Waals surface area contributed by atoms with Crippen LogP contribution in [0.5, 0.6) is 5.75 Å². The second-order valence-electron chi connectivity index (χ2n) is 15.1. The first-order valence-corrected chi connectivity index (χ1v) is 16.5. The van der Waals surface area contributed by atoms with Crippen LogP contribution in [0.4, 0.5) is 0 Å². The van der Waals surface area contributed by atoms with Crippen molar-refractivity contribution in [3.05, 3.63) is 51.9 Å². The van der Waals surface area contributed by atoms with Crippen LogP contribution in [0.2, 0.25) is 0 Å². The van der Waals surface area contributed by atoms with Gasteiger partial charge >= 0.3 is 5.63 Å². The monoisotopic (exact) mass is 562 g/mol. The van der Waals surface area contributed by atoms with Crippen LogP contribution in [0.3, 0.4) is 0 Å². The van der Waals surface area contributed by atoms with E-state index in [-0.39, 0.29) is 11.9 Å². The third-order valence-corrected chi connectivity index (χ3v) is 12.2. The Morgan fingerprint density at radius 1 is 1.00 bits per heavy atom. The normalized spacial score (nSPS) is 35.1. The Kier molecular flexibility index (Phi) is 8.82. The van der Waals surface area contributed by atoms with Crippen LogP contribution >= 0.6 is 0 Å². The third kappa shape index (κ3) is 5.92. The summed E-state index contributed by atoms with van der Waals surface area (Å²) < 4.78 is 4.91. The Morgan fingerprint density at radius 3 is 2.54 bits per heavy atom. The van der Waals surface area contributed by atoms with Gasteiger partial charge in [-0.15, -0.1) is 0 Å². The number of aryl methyl sites for hydroxylation is 1. The molecule has 6 rings (SSSR count). The van der Waals surface area contributed by atoms with Gasteiger partial charge in [0.25, 0.3) is 0 Å². The van der Waals surface area contributed by atoms with E-state index in [1.165, 1.54) is 69.9 Å². The van der Waals surface area contributed by atoms with Crippen molar-refractivity contribution in [2.75, 3.05) is 0 Å². The number of rotatable bonds is 5. The molecule has 1 aromatic heterocycles.